The Morgan fingerprint density at radius 1 is 1.46 bits per heavy atom. The second-order valence-corrected chi connectivity index (χ2v) is 7.56. The highest BCUT2D eigenvalue weighted by Crippen LogP contribution is 2.26. The standard InChI is InChI=1S/C15H18N2O6S/c1-2-22-14(18)10-4-3-7-17(9-10)24(20,21)11-5-6-12-13(8-11)23-15(19)16-12/h5-6,8,10H,2-4,7,9H2,1H3,(H,16,19). The number of hydrogen-bond acceptors (Lipinski definition) is 6. The van der Waals surface area contributed by atoms with E-state index in [0.717, 1.165) is 0 Å². The lowest BCUT2D eigenvalue weighted by molar-refractivity contribution is -0.149. The van der Waals surface area contributed by atoms with Crippen molar-refractivity contribution < 1.29 is 22.4 Å². The number of hydrogen-bond donors (Lipinski definition) is 1. The lowest BCUT2D eigenvalue weighted by Crippen LogP contribution is -2.42. The summed E-state index contributed by atoms with van der Waals surface area (Å²) in [7, 11) is -3.78. The van der Waals surface area contributed by atoms with E-state index in [-0.39, 0.29) is 29.6 Å². The molecule has 1 aliphatic heterocycles. The number of oxazole rings is 1. The predicted octanol–water partition coefficient (Wildman–Crippen LogP) is 1.08. The third kappa shape index (κ3) is 3.09. The topological polar surface area (TPSA) is 110 Å². The van der Waals surface area contributed by atoms with E-state index in [9.17, 15) is 18.0 Å². The van der Waals surface area contributed by atoms with Crippen molar-refractivity contribution in [1.29, 1.82) is 0 Å². The van der Waals surface area contributed by atoms with E-state index in [4.69, 9.17) is 9.15 Å². The highest BCUT2D eigenvalue weighted by molar-refractivity contribution is 7.89. The van der Waals surface area contributed by atoms with Crippen molar-refractivity contribution in [2.75, 3.05) is 19.7 Å². The van der Waals surface area contributed by atoms with Crippen LogP contribution in [0, 0.1) is 5.92 Å². The van der Waals surface area contributed by atoms with Gasteiger partial charge in [-0.1, -0.05) is 0 Å². The number of sulfonamides is 1. The molecule has 0 radical (unpaired) electrons. The SMILES string of the molecule is CCOC(=O)C1CCCN(S(=O)(=O)c2ccc3[nH]c(=O)oc3c2)C1. The van der Waals surface area contributed by atoms with Gasteiger partial charge in [-0.25, -0.2) is 13.2 Å². The average Bonchev–Trinajstić information content (AvgIpc) is 2.94. The van der Waals surface area contributed by atoms with Crippen molar-refractivity contribution >= 4 is 27.1 Å². The zero-order valence-electron chi connectivity index (χ0n) is 13.1. The molecule has 130 valence electrons. The van der Waals surface area contributed by atoms with E-state index in [1.54, 1.807) is 6.92 Å². The summed E-state index contributed by atoms with van der Waals surface area (Å²) >= 11 is 0. The van der Waals surface area contributed by atoms with Gasteiger partial charge in [-0.2, -0.15) is 4.31 Å². The quantitative estimate of drug-likeness (QED) is 0.823. The minimum Gasteiger partial charge on any atom is -0.466 e. The first-order valence-electron chi connectivity index (χ1n) is 7.71. The molecule has 1 aromatic heterocycles. The Balaban J connectivity index is 1.87. The second kappa shape index (κ2) is 6.40. The molecule has 9 heteroatoms. The molecule has 0 amide bonds. The number of H-pyrrole nitrogens is 1. The van der Waals surface area contributed by atoms with Crippen molar-refractivity contribution in [3.8, 4) is 0 Å². The maximum Gasteiger partial charge on any atom is 0.417 e. The van der Waals surface area contributed by atoms with E-state index in [1.807, 2.05) is 0 Å². The molecule has 1 unspecified atom stereocenters. The van der Waals surface area contributed by atoms with Crippen LogP contribution in [0.2, 0.25) is 0 Å². The van der Waals surface area contributed by atoms with Crippen molar-refractivity contribution in [2.45, 2.75) is 24.7 Å². The van der Waals surface area contributed by atoms with Crippen molar-refractivity contribution in [2.24, 2.45) is 5.92 Å². The molecular formula is C15H18N2O6S. The minimum absolute atomic E-state index is 0.0299. The summed E-state index contributed by atoms with van der Waals surface area (Å²) in [5, 5.41) is 0. The molecule has 8 nitrogen and oxygen atoms in total. The van der Waals surface area contributed by atoms with Gasteiger partial charge in [0, 0.05) is 19.2 Å². The van der Waals surface area contributed by atoms with Crippen LogP contribution in [0.25, 0.3) is 11.1 Å². The Kier molecular flexibility index (Phi) is 4.46. The van der Waals surface area contributed by atoms with Crippen LogP contribution in [0.4, 0.5) is 0 Å². The van der Waals surface area contributed by atoms with Crippen LogP contribution in [-0.4, -0.2) is 43.4 Å². The first-order valence-corrected chi connectivity index (χ1v) is 9.15. The third-order valence-electron chi connectivity index (χ3n) is 4.03. The molecule has 1 fully saturated rings. The normalized spacial score (nSPS) is 19.5. The van der Waals surface area contributed by atoms with Crippen LogP contribution in [0.15, 0.2) is 32.3 Å². The number of benzene rings is 1. The molecule has 1 aliphatic rings. The smallest absolute Gasteiger partial charge is 0.417 e. The molecule has 1 N–H and O–H groups in total. The van der Waals surface area contributed by atoms with Crippen LogP contribution < -0.4 is 5.76 Å². The van der Waals surface area contributed by atoms with Crippen LogP contribution >= 0.6 is 0 Å². The third-order valence-corrected chi connectivity index (χ3v) is 5.90. The molecule has 1 saturated heterocycles. The Morgan fingerprint density at radius 3 is 3.00 bits per heavy atom. The van der Waals surface area contributed by atoms with Gasteiger partial charge in [-0.05, 0) is 31.9 Å². The molecule has 2 aromatic rings. The van der Waals surface area contributed by atoms with Crippen LogP contribution in [0.5, 0.6) is 0 Å². The van der Waals surface area contributed by atoms with Gasteiger partial charge in [-0.3, -0.25) is 9.78 Å². The summed E-state index contributed by atoms with van der Waals surface area (Å²) in [6, 6.07) is 4.22. The van der Waals surface area contributed by atoms with Crippen LogP contribution in [-0.2, 0) is 19.6 Å². The lowest BCUT2D eigenvalue weighted by Gasteiger charge is -2.30. The number of carbonyl (C=O) groups is 1. The molecule has 2 heterocycles. The molecule has 0 saturated carbocycles. The van der Waals surface area contributed by atoms with Crippen LogP contribution in [0.1, 0.15) is 19.8 Å². The fraction of sp³-hybridized carbons (Fsp3) is 0.467. The van der Waals surface area contributed by atoms with Gasteiger partial charge in [0.1, 0.15) is 0 Å². The molecule has 24 heavy (non-hydrogen) atoms. The summed E-state index contributed by atoms with van der Waals surface area (Å²) in [5.41, 5.74) is 0.613. The van der Waals surface area contributed by atoms with Crippen LogP contribution in [0.3, 0.4) is 0 Å². The summed E-state index contributed by atoms with van der Waals surface area (Å²) < 4.78 is 36.8. The molecule has 1 aromatic carbocycles. The van der Waals surface area contributed by atoms with E-state index in [2.05, 4.69) is 4.98 Å². The van der Waals surface area contributed by atoms with E-state index in [0.29, 0.717) is 24.9 Å². The van der Waals surface area contributed by atoms with Gasteiger partial charge in [0.15, 0.2) is 5.58 Å². The largest absolute Gasteiger partial charge is 0.466 e. The predicted molar refractivity (Wildman–Crippen MR) is 85.0 cm³/mol. The number of rotatable bonds is 4. The summed E-state index contributed by atoms with van der Waals surface area (Å²) in [5.74, 6) is -1.47. The van der Waals surface area contributed by atoms with E-state index < -0.39 is 21.7 Å². The first kappa shape index (κ1) is 16.7. The number of ether oxygens (including phenoxy) is 1. The van der Waals surface area contributed by atoms with Gasteiger partial charge in [-0.15, -0.1) is 0 Å². The number of aromatic amines is 1. The number of aromatic nitrogens is 1. The second-order valence-electron chi connectivity index (χ2n) is 5.63. The Hall–Kier alpha value is -2.13. The molecule has 0 aliphatic carbocycles. The maximum atomic E-state index is 12.8. The summed E-state index contributed by atoms with van der Waals surface area (Å²) in [4.78, 5) is 25.6. The first-order chi connectivity index (χ1) is 11.4. The average molecular weight is 354 g/mol. The Labute approximate surface area is 138 Å². The summed E-state index contributed by atoms with van der Waals surface area (Å²) in [6.07, 6.45) is 1.20. The number of esters is 1. The highest BCUT2D eigenvalue weighted by atomic mass is 32.2. The van der Waals surface area contributed by atoms with Gasteiger partial charge >= 0.3 is 11.7 Å². The van der Waals surface area contributed by atoms with Gasteiger partial charge < -0.3 is 9.15 Å². The number of nitrogens with one attached hydrogen (secondary N) is 1. The Bertz CT molecular complexity index is 913. The maximum absolute atomic E-state index is 12.8. The molecule has 3 rings (SSSR count). The molecule has 0 spiro atoms. The molecule has 0 bridgehead atoms. The Morgan fingerprint density at radius 2 is 2.25 bits per heavy atom. The van der Waals surface area contributed by atoms with Crippen molar-refractivity contribution in [1.82, 2.24) is 9.29 Å². The zero-order chi connectivity index (χ0) is 17.3. The summed E-state index contributed by atoms with van der Waals surface area (Å²) in [6.45, 7) is 2.42. The van der Waals surface area contributed by atoms with Gasteiger partial charge in [0.25, 0.3) is 0 Å². The van der Waals surface area contributed by atoms with E-state index >= 15 is 0 Å². The zero-order valence-corrected chi connectivity index (χ0v) is 14.0. The number of nitrogens with zero attached hydrogens (tertiary/aromatic N) is 1. The molecular weight excluding hydrogens is 336 g/mol. The fourth-order valence-corrected chi connectivity index (χ4v) is 4.39. The number of fused-ring (bicyclic) bond motifs is 1. The number of carbonyl (C=O) groups excluding carboxylic acids is 1. The molecule has 1 atom stereocenters. The van der Waals surface area contributed by atoms with Crippen molar-refractivity contribution in [3.05, 3.63) is 28.7 Å². The number of piperidine rings is 1. The van der Waals surface area contributed by atoms with Gasteiger partial charge in [0.2, 0.25) is 10.0 Å². The monoisotopic (exact) mass is 354 g/mol. The minimum atomic E-state index is -3.78. The lowest BCUT2D eigenvalue weighted by atomic mass is 10.0. The fourth-order valence-electron chi connectivity index (χ4n) is 2.85. The van der Waals surface area contributed by atoms with Crippen molar-refractivity contribution in [3.63, 3.8) is 0 Å². The highest BCUT2D eigenvalue weighted by Gasteiger charge is 2.34. The van der Waals surface area contributed by atoms with E-state index in [1.165, 1.54) is 22.5 Å². The van der Waals surface area contributed by atoms with Gasteiger partial charge in [0.05, 0.1) is 22.9 Å².